The number of nitrogens with zero attached hydrogens (tertiary/aromatic N) is 3. The SMILES string of the molecule is COc1ccc(CN2CC(F)CCC2c2ccccc2Cn2c(=S)[nH]c(=O)c3[nH]cnc32)cc1. The molecule has 2 aromatic heterocycles. The van der Waals surface area contributed by atoms with E-state index in [1.807, 2.05) is 41.0 Å². The summed E-state index contributed by atoms with van der Waals surface area (Å²) in [6.45, 7) is 1.48. The molecule has 1 fully saturated rings. The van der Waals surface area contributed by atoms with Crippen molar-refractivity contribution in [1.82, 2.24) is 24.4 Å². The highest BCUT2D eigenvalue weighted by atomic mass is 32.1. The van der Waals surface area contributed by atoms with E-state index in [1.54, 1.807) is 7.11 Å². The van der Waals surface area contributed by atoms with Crippen molar-refractivity contribution in [2.24, 2.45) is 0 Å². The summed E-state index contributed by atoms with van der Waals surface area (Å²) in [7, 11) is 1.64. The molecule has 0 aliphatic carbocycles. The van der Waals surface area contributed by atoms with E-state index in [9.17, 15) is 9.18 Å². The standard InChI is InChI=1S/C25H26FN5O2S/c1-33-19-9-6-16(7-10-19)12-30-14-18(26)8-11-21(30)20-5-3-2-4-17(20)13-31-23-22(27-15-28-23)24(32)29-25(31)34/h2-7,9-10,15,18,21H,8,11-14H2,1H3,(H,27,28)(H,29,32,34). The zero-order valence-corrected chi connectivity index (χ0v) is 19.6. The van der Waals surface area contributed by atoms with Gasteiger partial charge in [-0.3, -0.25) is 19.2 Å². The van der Waals surface area contributed by atoms with Crippen LogP contribution in [0.5, 0.6) is 5.75 Å². The van der Waals surface area contributed by atoms with Crippen LogP contribution in [-0.4, -0.2) is 44.2 Å². The van der Waals surface area contributed by atoms with Crippen LogP contribution in [0.2, 0.25) is 0 Å². The van der Waals surface area contributed by atoms with Crippen molar-refractivity contribution in [3.05, 3.63) is 86.7 Å². The number of ether oxygens (including phenoxy) is 1. The Bertz CT molecular complexity index is 1410. The molecule has 1 saturated heterocycles. The van der Waals surface area contributed by atoms with E-state index in [4.69, 9.17) is 17.0 Å². The maximum Gasteiger partial charge on any atom is 0.277 e. The fraction of sp³-hybridized carbons (Fsp3) is 0.320. The summed E-state index contributed by atoms with van der Waals surface area (Å²) < 4.78 is 21.9. The maximum absolute atomic E-state index is 14.5. The molecule has 2 aromatic carbocycles. The number of nitrogens with one attached hydrogen (secondary N) is 2. The Hall–Kier alpha value is -3.30. The van der Waals surface area contributed by atoms with Gasteiger partial charge in [0, 0.05) is 19.1 Å². The van der Waals surface area contributed by atoms with Crippen LogP contribution in [0.3, 0.4) is 0 Å². The summed E-state index contributed by atoms with van der Waals surface area (Å²) in [4.78, 5) is 24.4. The first kappa shape index (κ1) is 22.5. The van der Waals surface area contributed by atoms with Gasteiger partial charge in [0.25, 0.3) is 5.56 Å². The number of benzene rings is 2. The van der Waals surface area contributed by atoms with Crippen LogP contribution in [0, 0.1) is 4.77 Å². The quantitative estimate of drug-likeness (QED) is 0.398. The molecular weight excluding hydrogens is 453 g/mol. The minimum atomic E-state index is -0.849. The van der Waals surface area contributed by atoms with Gasteiger partial charge in [-0.25, -0.2) is 9.37 Å². The molecule has 3 heterocycles. The first-order valence-corrected chi connectivity index (χ1v) is 11.7. The average Bonchev–Trinajstić information content (AvgIpc) is 3.33. The number of alkyl halides is 1. The molecule has 9 heteroatoms. The number of hydrogen-bond donors (Lipinski definition) is 2. The first-order chi connectivity index (χ1) is 16.5. The molecule has 34 heavy (non-hydrogen) atoms. The van der Waals surface area contributed by atoms with Gasteiger partial charge in [0.2, 0.25) is 0 Å². The Balaban J connectivity index is 1.49. The van der Waals surface area contributed by atoms with Gasteiger partial charge in [-0.15, -0.1) is 0 Å². The topological polar surface area (TPSA) is 78.9 Å². The van der Waals surface area contributed by atoms with Crippen molar-refractivity contribution in [2.75, 3.05) is 13.7 Å². The molecule has 4 aromatic rings. The van der Waals surface area contributed by atoms with Crippen molar-refractivity contribution >= 4 is 23.4 Å². The molecule has 0 amide bonds. The second-order valence-electron chi connectivity index (χ2n) is 8.61. The van der Waals surface area contributed by atoms with Crippen molar-refractivity contribution in [1.29, 1.82) is 0 Å². The molecule has 0 saturated carbocycles. The van der Waals surface area contributed by atoms with E-state index in [0.717, 1.165) is 28.9 Å². The molecule has 1 aliphatic rings. The van der Waals surface area contributed by atoms with Crippen molar-refractivity contribution in [3.63, 3.8) is 0 Å². The van der Waals surface area contributed by atoms with E-state index in [2.05, 4.69) is 32.0 Å². The lowest BCUT2D eigenvalue weighted by molar-refractivity contribution is 0.0771. The minimum absolute atomic E-state index is 0.0666. The van der Waals surface area contributed by atoms with Gasteiger partial charge in [0.15, 0.2) is 10.4 Å². The van der Waals surface area contributed by atoms with Crippen LogP contribution < -0.4 is 10.3 Å². The van der Waals surface area contributed by atoms with E-state index in [-0.39, 0.29) is 11.6 Å². The number of fused-ring (bicyclic) bond motifs is 1. The maximum atomic E-state index is 14.5. The number of likely N-dealkylation sites (tertiary alicyclic amines) is 1. The molecule has 5 rings (SSSR count). The fourth-order valence-corrected chi connectivity index (χ4v) is 5.03. The van der Waals surface area contributed by atoms with Gasteiger partial charge >= 0.3 is 0 Å². The largest absolute Gasteiger partial charge is 0.497 e. The Labute approximate surface area is 201 Å². The summed E-state index contributed by atoms with van der Waals surface area (Å²) in [5, 5.41) is 0. The van der Waals surface area contributed by atoms with Crippen molar-refractivity contribution < 1.29 is 9.13 Å². The van der Waals surface area contributed by atoms with Crippen LogP contribution in [0.1, 0.15) is 35.6 Å². The molecule has 176 valence electrons. The van der Waals surface area contributed by atoms with Crippen LogP contribution in [-0.2, 0) is 13.1 Å². The first-order valence-electron chi connectivity index (χ1n) is 11.3. The zero-order chi connectivity index (χ0) is 23.7. The number of halogens is 1. The molecule has 2 unspecified atom stereocenters. The Kier molecular flexibility index (Phi) is 6.30. The zero-order valence-electron chi connectivity index (χ0n) is 18.8. The highest BCUT2D eigenvalue weighted by molar-refractivity contribution is 7.71. The van der Waals surface area contributed by atoms with Crippen molar-refractivity contribution in [3.8, 4) is 5.75 Å². The number of methoxy groups -OCH3 is 1. The second-order valence-corrected chi connectivity index (χ2v) is 9.00. The smallest absolute Gasteiger partial charge is 0.277 e. The number of aromatic amines is 2. The van der Waals surface area contributed by atoms with E-state index in [1.165, 1.54) is 6.33 Å². The lowest BCUT2D eigenvalue weighted by atomic mass is 9.90. The molecule has 1 aliphatic heterocycles. The van der Waals surface area contributed by atoms with Gasteiger partial charge in [-0.1, -0.05) is 36.4 Å². The Morgan fingerprint density at radius 1 is 1.15 bits per heavy atom. The van der Waals surface area contributed by atoms with Crippen LogP contribution >= 0.6 is 12.2 Å². The molecule has 7 nitrogen and oxygen atoms in total. The Morgan fingerprint density at radius 3 is 2.74 bits per heavy atom. The Morgan fingerprint density at radius 2 is 1.94 bits per heavy atom. The number of aromatic nitrogens is 4. The second kappa shape index (κ2) is 9.52. The lowest BCUT2D eigenvalue weighted by Crippen LogP contribution is -2.39. The predicted molar refractivity (Wildman–Crippen MR) is 131 cm³/mol. The number of piperidine rings is 1. The normalized spacial score (nSPS) is 18.9. The molecule has 2 N–H and O–H groups in total. The summed E-state index contributed by atoms with van der Waals surface area (Å²) in [6.07, 6.45) is 1.90. The lowest BCUT2D eigenvalue weighted by Gasteiger charge is -2.38. The molecular formula is C25H26FN5O2S. The number of hydrogen-bond acceptors (Lipinski definition) is 5. The predicted octanol–water partition coefficient (Wildman–Crippen LogP) is 4.51. The number of H-pyrrole nitrogens is 2. The summed E-state index contributed by atoms with van der Waals surface area (Å²) in [5.74, 6) is 0.801. The van der Waals surface area contributed by atoms with E-state index < -0.39 is 6.17 Å². The molecule has 2 atom stereocenters. The summed E-state index contributed by atoms with van der Waals surface area (Å²) >= 11 is 5.46. The third-order valence-electron chi connectivity index (χ3n) is 6.48. The molecule has 0 radical (unpaired) electrons. The third-order valence-corrected chi connectivity index (χ3v) is 6.80. The summed E-state index contributed by atoms with van der Waals surface area (Å²) in [6, 6.07) is 16.2. The van der Waals surface area contributed by atoms with Gasteiger partial charge < -0.3 is 9.72 Å². The van der Waals surface area contributed by atoms with Crippen LogP contribution in [0.25, 0.3) is 11.2 Å². The van der Waals surface area contributed by atoms with Gasteiger partial charge in [-0.05, 0) is 53.9 Å². The van der Waals surface area contributed by atoms with Crippen LogP contribution in [0.4, 0.5) is 4.39 Å². The number of rotatable bonds is 6. The average molecular weight is 480 g/mol. The van der Waals surface area contributed by atoms with E-state index >= 15 is 0 Å². The van der Waals surface area contributed by atoms with Gasteiger partial charge in [0.1, 0.15) is 17.4 Å². The van der Waals surface area contributed by atoms with Gasteiger partial charge in [0.05, 0.1) is 20.0 Å². The van der Waals surface area contributed by atoms with Crippen molar-refractivity contribution in [2.45, 2.75) is 38.1 Å². The molecule has 0 spiro atoms. The molecule has 0 bridgehead atoms. The fourth-order valence-electron chi connectivity index (χ4n) is 4.79. The summed E-state index contributed by atoms with van der Waals surface area (Å²) in [5.41, 5.74) is 3.94. The van der Waals surface area contributed by atoms with Gasteiger partial charge in [-0.2, -0.15) is 0 Å². The highest BCUT2D eigenvalue weighted by Gasteiger charge is 2.30. The minimum Gasteiger partial charge on any atom is -0.497 e. The number of imidazole rings is 1. The van der Waals surface area contributed by atoms with E-state index in [0.29, 0.717) is 42.0 Å². The van der Waals surface area contributed by atoms with Crippen LogP contribution in [0.15, 0.2) is 59.7 Å². The third kappa shape index (κ3) is 4.41. The highest BCUT2D eigenvalue weighted by Crippen LogP contribution is 2.35. The monoisotopic (exact) mass is 479 g/mol.